The monoisotopic (exact) mass is 275 g/mol. The average molecular weight is 275 g/mol. The molecule has 2 N–H and O–H groups in total. The van der Waals surface area contributed by atoms with E-state index in [1.807, 2.05) is 23.1 Å². The number of hydrogen-bond acceptors (Lipinski definition) is 3. The van der Waals surface area contributed by atoms with E-state index in [1.54, 1.807) is 4.88 Å². The van der Waals surface area contributed by atoms with Crippen LogP contribution in [0.3, 0.4) is 0 Å². The van der Waals surface area contributed by atoms with E-state index in [2.05, 4.69) is 25.0 Å². The van der Waals surface area contributed by atoms with Gasteiger partial charge in [-0.3, -0.25) is 4.68 Å². The van der Waals surface area contributed by atoms with Crippen LogP contribution >= 0.6 is 11.3 Å². The number of fused-ring (bicyclic) bond motifs is 1. The zero-order valence-corrected chi connectivity index (χ0v) is 12.7. The Labute approximate surface area is 118 Å². The number of aromatic nitrogens is 2. The van der Waals surface area contributed by atoms with Crippen molar-refractivity contribution in [2.75, 3.05) is 5.73 Å². The summed E-state index contributed by atoms with van der Waals surface area (Å²) in [5.74, 6) is 1.21. The highest BCUT2D eigenvalue weighted by Crippen LogP contribution is 2.39. The van der Waals surface area contributed by atoms with Gasteiger partial charge < -0.3 is 5.73 Å². The number of aryl methyl sites for hydroxylation is 3. The zero-order chi connectivity index (χ0) is 13.6. The van der Waals surface area contributed by atoms with Crippen molar-refractivity contribution >= 4 is 17.2 Å². The molecule has 2 aromatic rings. The van der Waals surface area contributed by atoms with E-state index in [0.717, 1.165) is 11.5 Å². The summed E-state index contributed by atoms with van der Waals surface area (Å²) in [6.07, 6.45) is 5.11. The number of thiophene rings is 1. The molecular formula is C15H21N3S. The molecule has 0 saturated heterocycles. The lowest BCUT2D eigenvalue weighted by Crippen LogP contribution is -2.00. The fourth-order valence-corrected chi connectivity index (χ4v) is 4.16. The van der Waals surface area contributed by atoms with E-state index in [0.29, 0.717) is 5.92 Å². The summed E-state index contributed by atoms with van der Waals surface area (Å²) in [5.41, 5.74) is 9.99. The van der Waals surface area contributed by atoms with Crippen molar-refractivity contribution in [3.05, 3.63) is 22.1 Å². The summed E-state index contributed by atoms with van der Waals surface area (Å²) in [5, 5.41) is 4.65. The van der Waals surface area contributed by atoms with Gasteiger partial charge in [-0.15, -0.1) is 11.3 Å². The third kappa shape index (κ3) is 2.08. The van der Waals surface area contributed by atoms with Crippen molar-refractivity contribution in [3.8, 4) is 10.6 Å². The summed E-state index contributed by atoms with van der Waals surface area (Å²) in [4.78, 5) is 2.85. The quantitative estimate of drug-likeness (QED) is 0.907. The van der Waals surface area contributed by atoms with Crippen molar-refractivity contribution in [2.45, 2.75) is 45.4 Å². The molecule has 1 aliphatic carbocycles. The minimum atomic E-state index is 0.405. The molecule has 1 aliphatic rings. The highest BCUT2D eigenvalue weighted by atomic mass is 32.1. The molecule has 3 nitrogen and oxygen atoms in total. The van der Waals surface area contributed by atoms with Gasteiger partial charge >= 0.3 is 0 Å². The van der Waals surface area contributed by atoms with Crippen LogP contribution in [-0.2, 0) is 19.9 Å². The van der Waals surface area contributed by atoms with Gasteiger partial charge in [0.05, 0.1) is 4.88 Å². The van der Waals surface area contributed by atoms with Crippen LogP contribution in [0.5, 0.6) is 0 Å². The molecule has 0 atom stereocenters. The molecule has 0 fully saturated rings. The van der Waals surface area contributed by atoms with Gasteiger partial charge in [-0.05, 0) is 43.2 Å². The zero-order valence-electron chi connectivity index (χ0n) is 11.9. The lowest BCUT2D eigenvalue weighted by molar-refractivity contribution is 0.697. The van der Waals surface area contributed by atoms with E-state index in [9.17, 15) is 0 Å². The molecule has 2 heterocycles. The number of nitrogen functional groups attached to an aromatic ring is 1. The molecule has 2 aromatic heterocycles. The molecule has 0 bridgehead atoms. The van der Waals surface area contributed by atoms with E-state index < -0.39 is 0 Å². The lowest BCUT2D eigenvalue weighted by atomic mass is 9.98. The van der Waals surface area contributed by atoms with Gasteiger partial charge in [-0.25, -0.2) is 0 Å². The maximum absolute atomic E-state index is 6.17. The number of hydrogen-bond donors (Lipinski definition) is 1. The molecule has 19 heavy (non-hydrogen) atoms. The van der Waals surface area contributed by atoms with Gasteiger partial charge in [0.1, 0.15) is 11.5 Å². The van der Waals surface area contributed by atoms with E-state index in [4.69, 9.17) is 5.73 Å². The minimum Gasteiger partial charge on any atom is -0.384 e. The highest BCUT2D eigenvalue weighted by molar-refractivity contribution is 7.15. The standard InChI is InChI=1S/C15H21N3S/c1-9(2)13-14(17-18(3)15(13)16)12-8-10-6-4-5-7-11(10)19-12/h8-9H,4-7,16H2,1-3H3. The van der Waals surface area contributed by atoms with Crippen molar-refractivity contribution in [1.82, 2.24) is 9.78 Å². The Hall–Kier alpha value is -1.29. The van der Waals surface area contributed by atoms with Crippen LogP contribution < -0.4 is 5.73 Å². The van der Waals surface area contributed by atoms with E-state index >= 15 is 0 Å². The predicted molar refractivity (Wildman–Crippen MR) is 81.7 cm³/mol. The van der Waals surface area contributed by atoms with Crippen molar-refractivity contribution in [1.29, 1.82) is 0 Å². The smallest absolute Gasteiger partial charge is 0.125 e. The van der Waals surface area contributed by atoms with E-state index in [1.165, 1.54) is 41.7 Å². The van der Waals surface area contributed by atoms with Crippen LogP contribution in [0.15, 0.2) is 6.07 Å². The Bertz CT molecular complexity index is 584. The molecular weight excluding hydrogens is 254 g/mol. The van der Waals surface area contributed by atoms with Gasteiger partial charge in [0.2, 0.25) is 0 Å². The summed E-state index contributed by atoms with van der Waals surface area (Å²) in [7, 11) is 1.93. The number of nitrogens with zero attached hydrogens (tertiary/aromatic N) is 2. The van der Waals surface area contributed by atoms with Gasteiger partial charge in [0, 0.05) is 17.5 Å². The second kappa shape index (κ2) is 4.67. The third-order valence-electron chi connectivity index (χ3n) is 3.94. The molecule has 0 saturated carbocycles. The van der Waals surface area contributed by atoms with Crippen LogP contribution in [0.1, 0.15) is 48.6 Å². The number of rotatable bonds is 2. The molecule has 3 rings (SSSR count). The largest absolute Gasteiger partial charge is 0.384 e. The van der Waals surface area contributed by atoms with Gasteiger partial charge in [0.25, 0.3) is 0 Å². The average Bonchev–Trinajstić information content (AvgIpc) is 2.91. The summed E-state index contributed by atoms with van der Waals surface area (Å²) < 4.78 is 1.81. The first-order chi connectivity index (χ1) is 9.08. The fraction of sp³-hybridized carbons (Fsp3) is 0.533. The maximum Gasteiger partial charge on any atom is 0.125 e. The molecule has 102 valence electrons. The van der Waals surface area contributed by atoms with Gasteiger partial charge in [-0.2, -0.15) is 5.10 Å². The molecule has 0 aliphatic heterocycles. The number of anilines is 1. The maximum atomic E-state index is 6.17. The summed E-state index contributed by atoms with van der Waals surface area (Å²) in [6.45, 7) is 4.37. The Kier molecular flexibility index (Phi) is 3.13. The molecule has 0 amide bonds. The molecule has 0 unspecified atom stereocenters. The normalized spacial score (nSPS) is 14.9. The van der Waals surface area contributed by atoms with Gasteiger partial charge in [-0.1, -0.05) is 13.8 Å². The van der Waals surface area contributed by atoms with E-state index in [-0.39, 0.29) is 0 Å². The topological polar surface area (TPSA) is 43.8 Å². The third-order valence-corrected chi connectivity index (χ3v) is 5.18. The lowest BCUT2D eigenvalue weighted by Gasteiger charge is -2.08. The van der Waals surface area contributed by atoms with Crippen molar-refractivity contribution in [2.24, 2.45) is 7.05 Å². The first-order valence-corrected chi connectivity index (χ1v) is 7.84. The van der Waals surface area contributed by atoms with Crippen molar-refractivity contribution in [3.63, 3.8) is 0 Å². The summed E-state index contributed by atoms with van der Waals surface area (Å²) >= 11 is 1.91. The van der Waals surface area contributed by atoms with Crippen LogP contribution in [-0.4, -0.2) is 9.78 Å². The second-order valence-corrected chi connectivity index (χ2v) is 6.83. The summed E-state index contributed by atoms with van der Waals surface area (Å²) in [6, 6.07) is 2.34. The van der Waals surface area contributed by atoms with Crippen LogP contribution in [0.2, 0.25) is 0 Å². The Balaban J connectivity index is 2.11. The Morgan fingerprint density at radius 3 is 2.74 bits per heavy atom. The molecule has 0 aromatic carbocycles. The van der Waals surface area contributed by atoms with Crippen LogP contribution in [0, 0.1) is 0 Å². The van der Waals surface area contributed by atoms with Crippen molar-refractivity contribution < 1.29 is 0 Å². The van der Waals surface area contributed by atoms with Gasteiger partial charge in [0.15, 0.2) is 0 Å². The molecule has 0 spiro atoms. The molecule has 0 radical (unpaired) electrons. The molecule has 4 heteroatoms. The predicted octanol–water partition coefficient (Wildman–Crippen LogP) is 3.73. The Morgan fingerprint density at radius 2 is 2.05 bits per heavy atom. The highest BCUT2D eigenvalue weighted by Gasteiger charge is 2.22. The SMILES string of the molecule is CC(C)c1c(-c2cc3c(s2)CCCC3)nn(C)c1N. The number of nitrogens with two attached hydrogens (primary N) is 1. The minimum absolute atomic E-state index is 0.405. The fourth-order valence-electron chi connectivity index (χ4n) is 2.91. The first-order valence-electron chi connectivity index (χ1n) is 7.02. The first kappa shape index (κ1) is 12.7. The van der Waals surface area contributed by atoms with Crippen LogP contribution in [0.25, 0.3) is 10.6 Å². The van der Waals surface area contributed by atoms with Crippen LogP contribution in [0.4, 0.5) is 5.82 Å². The Morgan fingerprint density at radius 1 is 1.32 bits per heavy atom. The second-order valence-electron chi connectivity index (χ2n) is 5.69.